The van der Waals surface area contributed by atoms with E-state index >= 15 is 0 Å². The van der Waals surface area contributed by atoms with Gasteiger partial charge in [-0.3, -0.25) is 0 Å². The van der Waals surface area contributed by atoms with Gasteiger partial charge in [0.1, 0.15) is 4.21 Å². The van der Waals surface area contributed by atoms with E-state index in [2.05, 4.69) is 4.72 Å². The van der Waals surface area contributed by atoms with E-state index in [0.29, 0.717) is 22.2 Å². The van der Waals surface area contributed by atoms with Gasteiger partial charge in [-0.1, -0.05) is 30.7 Å². The lowest BCUT2D eigenvalue weighted by Crippen LogP contribution is -2.25. The highest BCUT2D eigenvalue weighted by Gasteiger charge is 2.15. The van der Waals surface area contributed by atoms with Gasteiger partial charge in [-0.05, 0) is 42.7 Å². The van der Waals surface area contributed by atoms with Crippen LogP contribution < -0.4 is 4.72 Å². The molecule has 1 aromatic heterocycles. The van der Waals surface area contributed by atoms with Gasteiger partial charge in [0, 0.05) is 16.4 Å². The average molecular weight is 330 g/mol. The van der Waals surface area contributed by atoms with Crippen molar-refractivity contribution in [3.63, 3.8) is 0 Å². The lowest BCUT2D eigenvalue weighted by atomic mass is 10.2. The Kier molecular flexibility index (Phi) is 5.21. The third kappa shape index (κ3) is 4.06. The molecular formula is C14H16ClNO2S2. The molecule has 0 spiro atoms. The standard InChI is InChI=1S/C14H16ClNO2S2/c1-2-13-6-7-14(19-13)20(17,18)16-9-8-11-4-3-5-12(15)10-11/h3-7,10,16H,2,8-9H2,1H3. The summed E-state index contributed by atoms with van der Waals surface area (Å²) in [5.74, 6) is 0. The first kappa shape index (κ1) is 15.5. The Hall–Kier alpha value is -0.880. The first-order valence-electron chi connectivity index (χ1n) is 6.34. The Balaban J connectivity index is 1.96. The molecule has 0 amide bonds. The number of rotatable bonds is 6. The zero-order valence-corrected chi connectivity index (χ0v) is 13.5. The second kappa shape index (κ2) is 6.72. The topological polar surface area (TPSA) is 46.2 Å². The smallest absolute Gasteiger partial charge is 0.210 e. The molecule has 1 N–H and O–H groups in total. The van der Waals surface area contributed by atoms with Gasteiger partial charge in [-0.2, -0.15) is 0 Å². The molecule has 0 atom stereocenters. The number of hydrogen-bond donors (Lipinski definition) is 1. The summed E-state index contributed by atoms with van der Waals surface area (Å²) >= 11 is 7.21. The molecule has 6 heteroatoms. The molecule has 0 aliphatic carbocycles. The molecule has 0 aliphatic heterocycles. The lowest BCUT2D eigenvalue weighted by molar-refractivity contribution is 0.584. The minimum Gasteiger partial charge on any atom is -0.210 e. The van der Waals surface area contributed by atoms with E-state index in [1.54, 1.807) is 12.1 Å². The maximum atomic E-state index is 12.1. The summed E-state index contributed by atoms with van der Waals surface area (Å²) < 4.78 is 27.2. The van der Waals surface area contributed by atoms with E-state index in [1.807, 2.05) is 31.2 Å². The van der Waals surface area contributed by atoms with Gasteiger partial charge in [-0.25, -0.2) is 13.1 Å². The maximum Gasteiger partial charge on any atom is 0.250 e. The van der Waals surface area contributed by atoms with E-state index < -0.39 is 10.0 Å². The summed E-state index contributed by atoms with van der Waals surface area (Å²) in [7, 11) is -3.39. The number of halogens is 1. The van der Waals surface area contributed by atoms with E-state index in [-0.39, 0.29) is 0 Å². The van der Waals surface area contributed by atoms with Gasteiger partial charge in [0.15, 0.2) is 0 Å². The number of nitrogens with one attached hydrogen (secondary N) is 1. The fourth-order valence-corrected chi connectivity index (χ4v) is 4.37. The summed E-state index contributed by atoms with van der Waals surface area (Å²) in [5, 5.41) is 0.663. The Morgan fingerprint density at radius 2 is 2.05 bits per heavy atom. The van der Waals surface area contributed by atoms with Crippen molar-refractivity contribution in [2.24, 2.45) is 0 Å². The molecule has 0 aliphatic rings. The van der Waals surface area contributed by atoms with Crippen LogP contribution in [0.5, 0.6) is 0 Å². The third-order valence-corrected chi connectivity index (χ3v) is 6.26. The van der Waals surface area contributed by atoms with E-state index in [9.17, 15) is 8.42 Å². The predicted molar refractivity (Wildman–Crippen MR) is 84.0 cm³/mol. The summed E-state index contributed by atoms with van der Waals surface area (Å²) in [6, 6.07) is 10.9. The zero-order chi connectivity index (χ0) is 14.6. The number of hydrogen-bond acceptors (Lipinski definition) is 3. The third-order valence-electron chi connectivity index (χ3n) is 2.85. The fraction of sp³-hybridized carbons (Fsp3) is 0.286. The number of benzene rings is 1. The van der Waals surface area contributed by atoms with Crippen LogP contribution in [0.4, 0.5) is 0 Å². The molecule has 0 saturated heterocycles. The van der Waals surface area contributed by atoms with Crippen LogP contribution in [0, 0.1) is 0 Å². The van der Waals surface area contributed by atoms with E-state index in [1.165, 1.54) is 11.3 Å². The monoisotopic (exact) mass is 329 g/mol. The minimum atomic E-state index is -3.39. The van der Waals surface area contributed by atoms with Crippen LogP contribution in [-0.2, 0) is 22.9 Å². The van der Waals surface area contributed by atoms with E-state index in [0.717, 1.165) is 16.9 Å². The Labute approximate surface area is 128 Å². The molecule has 2 rings (SSSR count). The normalized spacial score (nSPS) is 11.7. The van der Waals surface area contributed by atoms with Gasteiger partial charge in [-0.15, -0.1) is 11.3 Å². The summed E-state index contributed by atoms with van der Waals surface area (Å²) in [6.07, 6.45) is 1.47. The van der Waals surface area contributed by atoms with Gasteiger partial charge in [0.05, 0.1) is 0 Å². The highest BCUT2D eigenvalue weighted by Crippen LogP contribution is 2.21. The Morgan fingerprint density at radius 3 is 2.70 bits per heavy atom. The summed E-state index contributed by atoms with van der Waals surface area (Å²) in [6.45, 7) is 2.37. The number of sulfonamides is 1. The van der Waals surface area contributed by atoms with Crippen LogP contribution in [0.25, 0.3) is 0 Å². The SMILES string of the molecule is CCc1ccc(S(=O)(=O)NCCc2cccc(Cl)c2)s1. The molecule has 0 radical (unpaired) electrons. The second-order valence-corrected chi connectivity index (χ2v) is 7.95. The van der Waals surface area contributed by atoms with Gasteiger partial charge in [0.2, 0.25) is 10.0 Å². The van der Waals surface area contributed by atoms with Crippen molar-refractivity contribution >= 4 is 33.0 Å². The molecule has 1 heterocycles. The van der Waals surface area contributed by atoms with Crippen LogP contribution in [0.2, 0.25) is 5.02 Å². The summed E-state index contributed by atoms with van der Waals surface area (Å²) in [4.78, 5) is 1.07. The highest BCUT2D eigenvalue weighted by atomic mass is 35.5. The van der Waals surface area contributed by atoms with Crippen LogP contribution in [0.1, 0.15) is 17.4 Å². The van der Waals surface area contributed by atoms with Crippen molar-refractivity contribution in [3.8, 4) is 0 Å². The Morgan fingerprint density at radius 1 is 1.25 bits per heavy atom. The quantitative estimate of drug-likeness (QED) is 0.881. The number of thiophene rings is 1. The molecule has 0 fully saturated rings. The second-order valence-electron chi connectivity index (χ2n) is 4.35. The van der Waals surface area contributed by atoms with Gasteiger partial charge >= 0.3 is 0 Å². The van der Waals surface area contributed by atoms with Gasteiger partial charge < -0.3 is 0 Å². The summed E-state index contributed by atoms with van der Waals surface area (Å²) in [5.41, 5.74) is 1.01. The van der Waals surface area contributed by atoms with Crippen LogP contribution in [-0.4, -0.2) is 15.0 Å². The van der Waals surface area contributed by atoms with Crippen LogP contribution in [0.3, 0.4) is 0 Å². The molecule has 0 saturated carbocycles. The highest BCUT2D eigenvalue weighted by molar-refractivity contribution is 7.91. The fourth-order valence-electron chi connectivity index (χ4n) is 1.79. The largest absolute Gasteiger partial charge is 0.250 e. The molecule has 0 unspecified atom stereocenters. The first-order chi connectivity index (χ1) is 9.51. The van der Waals surface area contributed by atoms with Crippen molar-refractivity contribution < 1.29 is 8.42 Å². The molecule has 2 aromatic rings. The average Bonchev–Trinajstić information content (AvgIpc) is 2.88. The van der Waals surface area contributed by atoms with Crippen molar-refractivity contribution in [1.82, 2.24) is 4.72 Å². The van der Waals surface area contributed by atoms with Crippen molar-refractivity contribution in [2.75, 3.05) is 6.54 Å². The van der Waals surface area contributed by atoms with Crippen molar-refractivity contribution in [2.45, 2.75) is 24.0 Å². The molecule has 20 heavy (non-hydrogen) atoms. The lowest BCUT2D eigenvalue weighted by Gasteiger charge is -2.05. The van der Waals surface area contributed by atoms with Crippen molar-refractivity contribution in [1.29, 1.82) is 0 Å². The molecule has 108 valence electrons. The first-order valence-corrected chi connectivity index (χ1v) is 9.02. The van der Waals surface area contributed by atoms with E-state index in [4.69, 9.17) is 11.6 Å². The molecule has 3 nitrogen and oxygen atoms in total. The predicted octanol–water partition coefficient (Wildman–Crippen LogP) is 3.48. The zero-order valence-electron chi connectivity index (χ0n) is 11.1. The molecule has 1 aromatic carbocycles. The Bertz CT molecular complexity index is 680. The minimum absolute atomic E-state index is 0.363. The molecular weight excluding hydrogens is 314 g/mol. The van der Waals surface area contributed by atoms with Crippen molar-refractivity contribution in [3.05, 3.63) is 51.9 Å². The molecule has 0 bridgehead atoms. The number of aryl methyl sites for hydroxylation is 1. The van der Waals surface area contributed by atoms with Crippen LogP contribution >= 0.6 is 22.9 Å². The van der Waals surface area contributed by atoms with Crippen LogP contribution in [0.15, 0.2) is 40.6 Å². The maximum absolute atomic E-state index is 12.1. The van der Waals surface area contributed by atoms with Gasteiger partial charge in [0.25, 0.3) is 0 Å².